The molecule has 0 heterocycles. The highest BCUT2D eigenvalue weighted by Crippen LogP contribution is 2.19. The van der Waals surface area contributed by atoms with Gasteiger partial charge < -0.3 is 0 Å². The second kappa shape index (κ2) is 6.72. The molecule has 0 saturated heterocycles. The first kappa shape index (κ1) is 14.3. The maximum atomic E-state index is 11.5. The van der Waals surface area contributed by atoms with Crippen LogP contribution in [0.2, 0.25) is 0 Å². The first-order valence-corrected chi connectivity index (χ1v) is 8.36. The molecule has 0 aliphatic heterocycles. The Morgan fingerprint density at radius 2 is 1.50 bits per heavy atom. The molecule has 0 aromatic heterocycles. The van der Waals surface area contributed by atoms with Gasteiger partial charge in [0, 0.05) is 5.75 Å². The Hall–Kier alpha value is 0.300. The van der Waals surface area contributed by atoms with Gasteiger partial charge in [0.1, 0.15) is 0 Å². The van der Waals surface area contributed by atoms with Crippen molar-refractivity contribution in [3.63, 3.8) is 0 Å². The molecule has 14 heavy (non-hydrogen) atoms. The second-order valence-electron chi connectivity index (χ2n) is 4.45. The Labute approximate surface area is 92.2 Å². The lowest BCUT2D eigenvalue weighted by Gasteiger charge is -2.07. The van der Waals surface area contributed by atoms with Crippen LogP contribution in [0.25, 0.3) is 0 Å². The molecule has 0 aromatic carbocycles. The molecule has 0 spiro atoms. The van der Waals surface area contributed by atoms with Crippen LogP contribution in [0.5, 0.6) is 0 Å². The quantitative estimate of drug-likeness (QED) is 0.639. The maximum absolute atomic E-state index is 11.5. The number of rotatable bonds is 7. The van der Waals surface area contributed by atoms with Crippen molar-refractivity contribution in [3.8, 4) is 0 Å². The van der Waals surface area contributed by atoms with Crippen molar-refractivity contribution in [1.29, 1.82) is 0 Å². The molecule has 0 radical (unpaired) electrons. The summed E-state index contributed by atoms with van der Waals surface area (Å²) in [6.07, 6.45) is 1.75. The van der Waals surface area contributed by atoms with E-state index in [4.69, 9.17) is 0 Å². The normalized spacial score (nSPS) is 12.7. The van der Waals surface area contributed by atoms with Gasteiger partial charge in [-0.25, -0.2) is 8.42 Å². The second-order valence-corrected chi connectivity index (χ2v) is 8.85. The molecule has 86 valence electrons. The van der Waals surface area contributed by atoms with Crippen LogP contribution >= 0.6 is 10.8 Å². The fraction of sp³-hybridized carbons (Fsp3) is 1.00. The summed E-state index contributed by atoms with van der Waals surface area (Å²) >= 11 is 0. The zero-order valence-corrected chi connectivity index (χ0v) is 11.2. The van der Waals surface area contributed by atoms with E-state index in [0.29, 0.717) is 17.6 Å². The van der Waals surface area contributed by atoms with Gasteiger partial charge in [-0.1, -0.05) is 27.7 Å². The fourth-order valence-electron chi connectivity index (χ4n) is 0.850. The van der Waals surface area contributed by atoms with Crippen LogP contribution in [0.3, 0.4) is 0 Å². The highest BCUT2D eigenvalue weighted by atomic mass is 33.1. The van der Waals surface area contributed by atoms with Crippen LogP contribution in [0, 0.1) is 11.8 Å². The van der Waals surface area contributed by atoms with Gasteiger partial charge >= 0.3 is 0 Å². The average molecular weight is 238 g/mol. The largest absolute Gasteiger partial charge is 0.217 e. The lowest BCUT2D eigenvalue weighted by atomic mass is 10.2. The molecule has 0 bridgehead atoms. The molecule has 0 amide bonds. The van der Waals surface area contributed by atoms with Crippen molar-refractivity contribution >= 4 is 19.7 Å². The van der Waals surface area contributed by atoms with Crippen LogP contribution in [0.15, 0.2) is 0 Å². The Morgan fingerprint density at radius 1 is 1.00 bits per heavy atom. The van der Waals surface area contributed by atoms with Crippen molar-refractivity contribution in [3.05, 3.63) is 0 Å². The van der Waals surface area contributed by atoms with Crippen LogP contribution < -0.4 is 0 Å². The number of hydrogen-bond acceptors (Lipinski definition) is 3. The zero-order chi connectivity index (χ0) is 11.2. The summed E-state index contributed by atoms with van der Waals surface area (Å²) in [7, 11) is -1.73. The molecule has 0 aromatic rings. The average Bonchev–Trinajstić information content (AvgIpc) is 2.00. The molecule has 0 atom stereocenters. The Balaban J connectivity index is 3.73. The van der Waals surface area contributed by atoms with Crippen LogP contribution in [0.1, 0.15) is 40.5 Å². The lowest BCUT2D eigenvalue weighted by molar-refractivity contribution is 0.585. The molecule has 2 nitrogen and oxygen atoms in total. The third kappa shape index (κ3) is 8.88. The molecule has 0 aliphatic carbocycles. The van der Waals surface area contributed by atoms with Crippen molar-refractivity contribution in [2.45, 2.75) is 40.5 Å². The predicted molar refractivity (Wildman–Crippen MR) is 65.2 cm³/mol. The zero-order valence-electron chi connectivity index (χ0n) is 9.62. The standard InChI is InChI=1S/C10H22O2S2/c1-9(2)5-7-13-14(11,12)8-6-10(3)4/h9-10H,5-8H2,1-4H3. The van der Waals surface area contributed by atoms with Gasteiger partial charge in [0.2, 0.25) is 8.87 Å². The van der Waals surface area contributed by atoms with E-state index in [1.807, 2.05) is 13.8 Å². The van der Waals surface area contributed by atoms with Crippen LogP contribution in [0.4, 0.5) is 0 Å². The van der Waals surface area contributed by atoms with E-state index in [-0.39, 0.29) is 0 Å². The van der Waals surface area contributed by atoms with Gasteiger partial charge in [0.05, 0.1) is 5.75 Å². The van der Waals surface area contributed by atoms with Gasteiger partial charge in [0.15, 0.2) is 0 Å². The molecule has 0 saturated carbocycles. The topological polar surface area (TPSA) is 34.1 Å². The smallest absolute Gasteiger partial charge is 0.201 e. The summed E-state index contributed by atoms with van der Waals surface area (Å²) in [5.41, 5.74) is 0. The van der Waals surface area contributed by atoms with Crippen molar-refractivity contribution < 1.29 is 8.42 Å². The van der Waals surface area contributed by atoms with E-state index in [1.165, 1.54) is 0 Å². The summed E-state index contributed by atoms with van der Waals surface area (Å²) in [6, 6.07) is 0. The molecule has 0 rings (SSSR count). The van der Waals surface area contributed by atoms with Crippen molar-refractivity contribution in [2.24, 2.45) is 11.8 Å². The third-order valence-corrected chi connectivity index (χ3v) is 5.48. The van der Waals surface area contributed by atoms with E-state index >= 15 is 0 Å². The molecular weight excluding hydrogens is 216 g/mol. The predicted octanol–water partition coefficient (Wildman–Crippen LogP) is 3.14. The molecule has 0 N–H and O–H groups in total. The minimum atomic E-state index is -2.86. The minimum Gasteiger partial charge on any atom is -0.217 e. The highest BCUT2D eigenvalue weighted by molar-refractivity contribution is 8.72. The summed E-state index contributed by atoms with van der Waals surface area (Å²) < 4.78 is 23.0. The molecule has 0 fully saturated rings. The summed E-state index contributed by atoms with van der Waals surface area (Å²) in [6.45, 7) is 8.32. The van der Waals surface area contributed by atoms with Crippen molar-refractivity contribution in [2.75, 3.05) is 11.5 Å². The Morgan fingerprint density at radius 3 is 1.93 bits per heavy atom. The number of hydrogen-bond donors (Lipinski definition) is 0. The molecule has 0 aliphatic rings. The monoisotopic (exact) mass is 238 g/mol. The van der Waals surface area contributed by atoms with Gasteiger partial charge in [-0.3, -0.25) is 0 Å². The lowest BCUT2D eigenvalue weighted by Crippen LogP contribution is -2.05. The Kier molecular flexibility index (Phi) is 6.87. The first-order valence-electron chi connectivity index (χ1n) is 5.20. The van der Waals surface area contributed by atoms with Gasteiger partial charge in [0.25, 0.3) is 0 Å². The van der Waals surface area contributed by atoms with E-state index in [2.05, 4.69) is 13.8 Å². The van der Waals surface area contributed by atoms with Gasteiger partial charge in [-0.2, -0.15) is 0 Å². The Bertz CT molecular complexity index is 231. The van der Waals surface area contributed by atoms with Crippen LogP contribution in [-0.4, -0.2) is 19.9 Å². The fourth-order valence-corrected chi connectivity index (χ4v) is 4.24. The maximum Gasteiger partial charge on any atom is 0.201 e. The molecule has 0 unspecified atom stereocenters. The van der Waals surface area contributed by atoms with Crippen molar-refractivity contribution in [1.82, 2.24) is 0 Å². The first-order chi connectivity index (χ1) is 6.33. The summed E-state index contributed by atoms with van der Waals surface area (Å²) in [5, 5.41) is 0. The third-order valence-electron chi connectivity index (χ3n) is 1.90. The van der Waals surface area contributed by atoms with Gasteiger partial charge in [-0.05, 0) is 35.5 Å². The SMILES string of the molecule is CC(C)CCSS(=O)(=O)CCC(C)C. The highest BCUT2D eigenvalue weighted by Gasteiger charge is 2.12. The van der Waals surface area contributed by atoms with Gasteiger partial charge in [-0.15, -0.1) is 0 Å². The van der Waals surface area contributed by atoms with E-state index in [1.54, 1.807) is 0 Å². The van der Waals surface area contributed by atoms with Crippen LogP contribution in [-0.2, 0) is 8.87 Å². The summed E-state index contributed by atoms with van der Waals surface area (Å²) in [5.74, 6) is 2.11. The van der Waals surface area contributed by atoms with E-state index in [0.717, 1.165) is 29.4 Å². The van der Waals surface area contributed by atoms with E-state index in [9.17, 15) is 8.42 Å². The van der Waals surface area contributed by atoms with E-state index < -0.39 is 8.87 Å². The summed E-state index contributed by atoms with van der Waals surface area (Å²) in [4.78, 5) is 0. The minimum absolute atomic E-state index is 0.327. The molecule has 4 heteroatoms. The molecular formula is C10H22O2S2.